The second-order valence-electron chi connectivity index (χ2n) is 5.33. The van der Waals surface area contributed by atoms with Crippen molar-refractivity contribution >= 4 is 15.9 Å². The summed E-state index contributed by atoms with van der Waals surface area (Å²) >= 11 is 0. The number of amides is 1. The van der Waals surface area contributed by atoms with Crippen LogP contribution in [-0.4, -0.2) is 29.9 Å². The van der Waals surface area contributed by atoms with Gasteiger partial charge in [0, 0.05) is 6.04 Å². The Morgan fingerprint density at radius 2 is 2.09 bits per heavy atom. The Hall–Kier alpha value is -2.19. The zero-order valence-corrected chi connectivity index (χ0v) is 13.0. The van der Waals surface area contributed by atoms with E-state index in [4.69, 9.17) is 0 Å². The number of imidazole rings is 1. The van der Waals surface area contributed by atoms with E-state index in [1.165, 1.54) is 12.4 Å². The smallest absolute Gasteiger partial charge is 0.272 e. The lowest BCUT2D eigenvalue weighted by Gasteiger charge is -2.09. The highest BCUT2D eigenvalue weighted by Gasteiger charge is 2.28. The predicted molar refractivity (Wildman–Crippen MR) is 80.2 cm³/mol. The van der Waals surface area contributed by atoms with Crippen molar-refractivity contribution in [3.05, 3.63) is 42.0 Å². The second-order valence-corrected chi connectivity index (χ2v) is 7.07. The van der Waals surface area contributed by atoms with Crippen LogP contribution in [-0.2, 0) is 16.6 Å². The lowest BCUT2D eigenvalue weighted by molar-refractivity contribution is 0.0937. The van der Waals surface area contributed by atoms with Crippen LogP contribution in [0.1, 0.15) is 30.0 Å². The molecule has 0 bridgehead atoms. The number of fused-ring (bicyclic) bond motifs is 3. The minimum atomic E-state index is -3.61. The average molecular weight is 320 g/mol. The first-order chi connectivity index (χ1) is 10.4. The van der Waals surface area contributed by atoms with Crippen molar-refractivity contribution < 1.29 is 13.2 Å². The molecule has 2 N–H and O–H groups in total. The summed E-state index contributed by atoms with van der Waals surface area (Å²) in [6.07, 6.45) is 1.48. The number of para-hydroxylation sites is 1. The SMILES string of the molecule is CC(C)NC(=O)c1ncn2c1CNS(=O)(=O)c1ccccc1-2. The Morgan fingerprint density at radius 1 is 1.36 bits per heavy atom. The van der Waals surface area contributed by atoms with Gasteiger partial charge in [0.1, 0.15) is 11.2 Å². The number of nitrogens with one attached hydrogen (secondary N) is 2. The molecule has 3 rings (SSSR count). The summed E-state index contributed by atoms with van der Waals surface area (Å²) in [7, 11) is -3.61. The van der Waals surface area contributed by atoms with Gasteiger partial charge in [0.2, 0.25) is 10.0 Å². The van der Waals surface area contributed by atoms with Crippen molar-refractivity contribution in [2.24, 2.45) is 0 Å². The van der Waals surface area contributed by atoms with Crippen molar-refractivity contribution in [3.8, 4) is 5.69 Å². The minimum Gasteiger partial charge on any atom is -0.348 e. The molecule has 1 aliphatic heterocycles. The molecule has 0 fully saturated rings. The van der Waals surface area contributed by atoms with Gasteiger partial charge in [-0.15, -0.1) is 0 Å². The van der Waals surface area contributed by atoms with Crippen LogP contribution in [0, 0.1) is 0 Å². The number of aromatic nitrogens is 2. The van der Waals surface area contributed by atoms with Gasteiger partial charge in [0.15, 0.2) is 5.69 Å². The van der Waals surface area contributed by atoms with Crippen LogP contribution in [0.5, 0.6) is 0 Å². The Labute approximate surface area is 128 Å². The minimum absolute atomic E-state index is 0.0118. The second kappa shape index (κ2) is 5.22. The van der Waals surface area contributed by atoms with Crippen LogP contribution in [0.2, 0.25) is 0 Å². The summed E-state index contributed by atoms with van der Waals surface area (Å²) in [4.78, 5) is 16.5. The number of rotatable bonds is 2. The van der Waals surface area contributed by atoms with Crippen molar-refractivity contribution in [1.29, 1.82) is 0 Å². The summed E-state index contributed by atoms with van der Waals surface area (Å²) in [5, 5.41) is 2.77. The lowest BCUT2D eigenvalue weighted by Crippen LogP contribution is -2.32. The van der Waals surface area contributed by atoms with Crippen LogP contribution in [0.4, 0.5) is 0 Å². The molecule has 0 radical (unpaired) electrons. The highest BCUT2D eigenvalue weighted by molar-refractivity contribution is 7.89. The number of carbonyl (C=O) groups is 1. The van der Waals surface area contributed by atoms with Gasteiger partial charge in [0.25, 0.3) is 5.91 Å². The first-order valence-electron chi connectivity index (χ1n) is 6.86. The molecule has 22 heavy (non-hydrogen) atoms. The van der Waals surface area contributed by atoms with E-state index in [1.54, 1.807) is 22.8 Å². The van der Waals surface area contributed by atoms with E-state index in [0.717, 1.165) is 0 Å². The number of hydrogen-bond acceptors (Lipinski definition) is 4. The quantitative estimate of drug-likeness (QED) is 0.856. The highest BCUT2D eigenvalue weighted by atomic mass is 32.2. The zero-order chi connectivity index (χ0) is 15.9. The third-order valence-electron chi connectivity index (χ3n) is 3.35. The van der Waals surface area contributed by atoms with Crippen LogP contribution in [0.3, 0.4) is 0 Å². The van der Waals surface area contributed by atoms with Gasteiger partial charge in [-0.25, -0.2) is 18.1 Å². The van der Waals surface area contributed by atoms with Crippen molar-refractivity contribution in [3.63, 3.8) is 0 Å². The van der Waals surface area contributed by atoms with E-state index in [0.29, 0.717) is 11.4 Å². The zero-order valence-electron chi connectivity index (χ0n) is 12.2. The van der Waals surface area contributed by atoms with E-state index in [9.17, 15) is 13.2 Å². The maximum atomic E-state index is 12.3. The van der Waals surface area contributed by atoms with Crippen LogP contribution < -0.4 is 10.0 Å². The third kappa shape index (κ3) is 2.40. The van der Waals surface area contributed by atoms with Crippen molar-refractivity contribution in [1.82, 2.24) is 19.6 Å². The van der Waals surface area contributed by atoms with Gasteiger partial charge in [-0.05, 0) is 26.0 Å². The van der Waals surface area contributed by atoms with E-state index in [-0.39, 0.29) is 29.1 Å². The molecule has 1 aliphatic rings. The third-order valence-corrected chi connectivity index (χ3v) is 4.79. The van der Waals surface area contributed by atoms with Gasteiger partial charge in [-0.2, -0.15) is 0 Å². The maximum Gasteiger partial charge on any atom is 0.272 e. The highest BCUT2D eigenvalue weighted by Crippen LogP contribution is 2.26. The van der Waals surface area contributed by atoms with Crippen molar-refractivity contribution in [2.75, 3.05) is 0 Å². The van der Waals surface area contributed by atoms with Gasteiger partial charge < -0.3 is 5.32 Å². The molecule has 0 aliphatic carbocycles. The first kappa shape index (κ1) is 14.7. The molecule has 1 aromatic carbocycles. The normalized spacial score (nSPS) is 15.8. The number of benzene rings is 1. The first-order valence-corrected chi connectivity index (χ1v) is 8.34. The van der Waals surface area contributed by atoms with Crippen LogP contribution >= 0.6 is 0 Å². The van der Waals surface area contributed by atoms with Crippen LogP contribution in [0.25, 0.3) is 5.69 Å². The Balaban J connectivity index is 2.15. The molecular formula is C14H16N4O3S. The van der Waals surface area contributed by atoms with Gasteiger partial charge in [0.05, 0.1) is 17.9 Å². The van der Waals surface area contributed by atoms with Crippen molar-refractivity contribution in [2.45, 2.75) is 31.3 Å². The molecule has 1 aromatic heterocycles. The molecule has 0 spiro atoms. The van der Waals surface area contributed by atoms with E-state index >= 15 is 0 Å². The molecule has 0 saturated carbocycles. The molecular weight excluding hydrogens is 304 g/mol. The Kier molecular flexibility index (Phi) is 3.50. The van der Waals surface area contributed by atoms with Gasteiger partial charge in [-0.3, -0.25) is 9.36 Å². The molecule has 0 unspecified atom stereocenters. The summed E-state index contributed by atoms with van der Waals surface area (Å²) in [5.74, 6) is -0.317. The predicted octanol–water partition coefficient (Wildman–Crippen LogP) is 0.802. The average Bonchev–Trinajstić information content (AvgIpc) is 2.84. The molecule has 2 aromatic rings. The van der Waals surface area contributed by atoms with E-state index < -0.39 is 10.0 Å². The summed E-state index contributed by atoms with van der Waals surface area (Å²) in [6, 6.07) is 6.60. The fraction of sp³-hybridized carbons (Fsp3) is 0.286. The maximum absolute atomic E-state index is 12.3. The summed E-state index contributed by atoms with van der Waals surface area (Å²) in [5.41, 5.74) is 1.23. The van der Waals surface area contributed by atoms with Gasteiger partial charge >= 0.3 is 0 Å². The molecule has 0 atom stereocenters. The molecule has 8 heteroatoms. The molecule has 1 amide bonds. The molecule has 116 valence electrons. The van der Waals surface area contributed by atoms with E-state index in [2.05, 4.69) is 15.0 Å². The fourth-order valence-corrected chi connectivity index (χ4v) is 3.58. The molecule has 2 heterocycles. The number of nitrogens with zero attached hydrogens (tertiary/aromatic N) is 2. The van der Waals surface area contributed by atoms with E-state index in [1.807, 2.05) is 13.8 Å². The number of hydrogen-bond donors (Lipinski definition) is 2. The largest absolute Gasteiger partial charge is 0.348 e. The Morgan fingerprint density at radius 3 is 2.82 bits per heavy atom. The number of carbonyl (C=O) groups excluding carboxylic acids is 1. The fourth-order valence-electron chi connectivity index (χ4n) is 2.40. The monoisotopic (exact) mass is 320 g/mol. The summed E-state index contributed by atoms with van der Waals surface area (Å²) < 4.78 is 28.7. The lowest BCUT2D eigenvalue weighted by atomic mass is 10.2. The standard InChI is InChI=1S/C14H16N4O3S/c1-9(2)17-14(19)13-11-7-16-22(20,21)12-6-4-3-5-10(12)18(11)8-15-13/h3-6,8-9,16H,7H2,1-2H3,(H,17,19). The summed E-state index contributed by atoms with van der Waals surface area (Å²) in [6.45, 7) is 3.72. The topological polar surface area (TPSA) is 93.1 Å². The molecule has 7 nitrogen and oxygen atoms in total. The van der Waals surface area contributed by atoms with Gasteiger partial charge in [-0.1, -0.05) is 12.1 Å². The Bertz CT molecular complexity index is 840. The molecule has 0 saturated heterocycles. The number of sulfonamides is 1. The van der Waals surface area contributed by atoms with Crippen LogP contribution in [0.15, 0.2) is 35.5 Å².